The normalized spacial score (nSPS) is 12.6. The zero-order valence-electron chi connectivity index (χ0n) is 10.6. The van der Waals surface area contributed by atoms with E-state index in [1.165, 1.54) is 0 Å². The zero-order chi connectivity index (χ0) is 13.0. The third-order valence-electron chi connectivity index (χ3n) is 2.75. The van der Waals surface area contributed by atoms with E-state index in [9.17, 15) is 0 Å². The van der Waals surface area contributed by atoms with Crippen LogP contribution >= 0.6 is 11.3 Å². The van der Waals surface area contributed by atoms with Gasteiger partial charge in [-0.3, -0.25) is 5.84 Å². The van der Waals surface area contributed by atoms with Gasteiger partial charge in [0.1, 0.15) is 17.6 Å². The largest absolute Gasteiger partial charge is 0.496 e. The Balaban J connectivity index is 2.29. The number of hydrogen-bond acceptors (Lipinski definition) is 5. The molecule has 0 fully saturated rings. The minimum absolute atomic E-state index is 0.0968. The smallest absolute Gasteiger partial charge is 0.132 e. The van der Waals surface area contributed by atoms with E-state index < -0.39 is 0 Å². The van der Waals surface area contributed by atoms with Crippen LogP contribution in [-0.2, 0) is 6.54 Å². The Kier molecular flexibility index (Phi) is 4.35. The topological polar surface area (TPSA) is 65.1 Å². The molecule has 2 heterocycles. The van der Waals surface area contributed by atoms with Crippen molar-refractivity contribution in [2.24, 2.45) is 5.84 Å². The molecule has 0 saturated heterocycles. The first-order valence-corrected chi connectivity index (χ1v) is 6.77. The number of hydrazine groups is 1. The summed E-state index contributed by atoms with van der Waals surface area (Å²) in [4.78, 5) is 5.50. The maximum atomic E-state index is 5.67. The van der Waals surface area contributed by atoms with Crippen LogP contribution in [0.1, 0.15) is 30.1 Å². The Morgan fingerprint density at radius 3 is 3.06 bits per heavy atom. The molecule has 5 nitrogen and oxygen atoms in total. The predicted octanol–water partition coefficient (Wildman–Crippen LogP) is 1.92. The molecule has 0 aliphatic rings. The molecule has 6 heteroatoms. The monoisotopic (exact) mass is 266 g/mol. The van der Waals surface area contributed by atoms with Crippen LogP contribution in [0.3, 0.4) is 0 Å². The van der Waals surface area contributed by atoms with Crippen molar-refractivity contribution in [1.82, 2.24) is 15.0 Å². The van der Waals surface area contributed by atoms with E-state index in [1.807, 2.05) is 17.6 Å². The fraction of sp³-hybridized carbons (Fsp3) is 0.417. The number of nitrogens with one attached hydrogen (secondary N) is 1. The van der Waals surface area contributed by atoms with Crippen molar-refractivity contribution in [3.05, 3.63) is 34.5 Å². The first-order valence-electron chi connectivity index (χ1n) is 5.89. The maximum absolute atomic E-state index is 5.67. The Morgan fingerprint density at radius 1 is 1.61 bits per heavy atom. The van der Waals surface area contributed by atoms with Crippen LogP contribution < -0.4 is 16.0 Å². The molecule has 0 amide bonds. The van der Waals surface area contributed by atoms with Gasteiger partial charge in [0.05, 0.1) is 7.11 Å². The summed E-state index contributed by atoms with van der Waals surface area (Å²) < 4.78 is 7.32. The highest BCUT2D eigenvalue weighted by Crippen LogP contribution is 2.29. The maximum Gasteiger partial charge on any atom is 0.132 e. The van der Waals surface area contributed by atoms with Gasteiger partial charge in [0, 0.05) is 29.2 Å². The van der Waals surface area contributed by atoms with Gasteiger partial charge in [-0.25, -0.2) is 10.4 Å². The molecule has 1 atom stereocenters. The van der Waals surface area contributed by atoms with Crippen molar-refractivity contribution < 1.29 is 4.74 Å². The Bertz CT molecular complexity index is 494. The summed E-state index contributed by atoms with van der Waals surface area (Å²) in [7, 11) is 1.66. The summed E-state index contributed by atoms with van der Waals surface area (Å²) in [6.07, 6.45) is 4.85. The molecule has 1 unspecified atom stereocenters. The van der Waals surface area contributed by atoms with Crippen LogP contribution in [0, 0.1) is 0 Å². The molecule has 2 aromatic heterocycles. The molecule has 0 spiro atoms. The summed E-state index contributed by atoms with van der Waals surface area (Å²) >= 11 is 1.61. The van der Waals surface area contributed by atoms with Gasteiger partial charge in [0.15, 0.2) is 0 Å². The number of rotatable bonds is 6. The number of methoxy groups -OCH3 is 1. The fourth-order valence-corrected chi connectivity index (χ4v) is 2.80. The lowest BCUT2D eigenvalue weighted by atomic mass is 10.2. The molecule has 3 N–H and O–H groups in total. The van der Waals surface area contributed by atoms with Crippen LogP contribution in [0.15, 0.2) is 23.8 Å². The number of aromatic nitrogens is 2. The van der Waals surface area contributed by atoms with E-state index in [-0.39, 0.29) is 6.04 Å². The van der Waals surface area contributed by atoms with Crippen LogP contribution in [0.5, 0.6) is 5.75 Å². The molecule has 98 valence electrons. The number of hydrogen-bond donors (Lipinski definition) is 2. The molecular weight excluding hydrogens is 248 g/mol. The van der Waals surface area contributed by atoms with Gasteiger partial charge >= 0.3 is 0 Å². The van der Waals surface area contributed by atoms with E-state index in [2.05, 4.69) is 21.9 Å². The second-order valence-corrected chi connectivity index (χ2v) is 4.91. The van der Waals surface area contributed by atoms with Crippen LogP contribution in [0.25, 0.3) is 0 Å². The van der Waals surface area contributed by atoms with Crippen molar-refractivity contribution in [2.75, 3.05) is 7.11 Å². The standard InChI is InChI=1S/C12H18N4OS/c1-3-5-16-6-4-14-12(16)11(15-13)10-7-9(17-2)8-18-10/h4,6-8,11,15H,3,5,13H2,1-2H3. The molecule has 0 aromatic carbocycles. The van der Waals surface area contributed by atoms with E-state index in [0.29, 0.717) is 0 Å². The van der Waals surface area contributed by atoms with Gasteiger partial charge in [0.25, 0.3) is 0 Å². The average molecular weight is 266 g/mol. The van der Waals surface area contributed by atoms with Crippen molar-refractivity contribution in [1.29, 1.82) is 0 Å². The van der Waals surface area contributed by atoms with Crippen molar-refractivity contribution >= 4 is 11.3 Å². The van der Waals surface area contributed by atoms with E-state index in [1.54, 1.807) is 24.6 Å². The highest BCUT2D eigenvalue weighted by molar-refractivity contribution is 7.10. The fourth-order valence-electron chi connectivity index (χ4n) is 1.89. The summed E-state index contributed by atoms with van der Waals surface area (Å²) in [5, 5.41) is 1.97. The molecule has 2 rings (SSSR count). The van der Waals surface area contributed by atoms with Crippen molar-refractivity contribution in [3.8, 4) is 5.75 Å². The highest BCUT2D eigenvalue weighted by Gasteiger charge is 2.19. The number of thiophene rings is 1. The van der Waals surface area contributed by atoms with E-state index in [4.69, 9.17) is 10.6 Å². The molecule has 0 radical (unpaired) electrons. The predicted molar refractivity (Wildman–Crippen MR) is 72.6 cm³/mol. The summed E-state index contributed by atoms with van der Waals surface area (Å²) in [5.41, 5.74) is 2.83. The number of aryl methyl sites for hydroxylation is 1. The Hall–Kier alpha value is -1.37. The molecule has 0 aliphatic carbocycles. The van der Waals surface area contributed by atoms with Crippen LogP contribution in [0.4, 0.5) is 0 Å². The van der Waals surface area contributed by atoms with Crippen LogP contribution in [-0.4, -0.2) is 16.7 Å². The van der Waals surface area contributed by atoms with Gasteiger partial charge < -0.3 is 9.30 Å². The second kappa shape index (κ2) is 5.99. The first kappa shape index (κ1) is 13.1. The summed E-state index contributed by atoms with van der Waals surface area (Å²) in [5.74, 6) is 7.46. The summed E-state index contributed by atoms with van der Waals surface area (Å²) in [6, 6.07) is 1.89. The lowest BCUT2D eigenvalue weighted by Crippen LogP contribution is -2.30. The second-order valence-electron chi connectivity index (χ2n) is 3.97. The molecule has 2 aromatic rings. The van der Waals surface area contributed by atoms with Gasteiger partial charge in [-0.05, 0) is 12.5 Å². The Morgan fingerprint density at radius 2 is 2.44 bits per heavy atom. The molecule has 18 heavy (non-hydrogen) atoms. The summed E-state index contributed by atoms with van der Waals surface area (Å²) in [6.45, 7) is 3.08. The third-order valence-corrected chi connectivity index (χ3v) is 3.73. The number of ether oxygens (including phenoxy) is 1. The zero-order valence-corrected chi connectivity index (χ0v) is 11.4. The highest BCUT2D eigenvalue weighted by atomic mass is 32.1. The quantitative estimate of drug-likeness (QED) is 0.619. The van der Waals surface area contributed by atoms with Crippen molar-refractivity contribution in [3.63, 3.8) is 0 Å². The Labute approximate surface area is 111 Å². The van der Waals surface area contributed by atoms with Gasteiger partial charge in [-0.1, -0.05) is 6.92 Å². The van der Waals surface area contributed by atoms with E-state index in [0.717, 1.165) is 29.4 Å². The van der Waals surface area contributed by atoms with Crippen molar-refractivity contribution in [2.45, 2.75) is 25.9 Å². The molecule has 0 saturated carbocycles. The average Bonchev–Trinajstić information content (AvgIpc) is 3.01. The number of nitrogens with zero attached hydrogens (tertiary/aromatic N) is 2. The first-order chi connectivity index (χ1) is 8.80. The third kappa shape index (κ3) is 2.55. The van der Waals surface area contributed by atoms with Gasteiger partial charge in [-0.2, -0.15) is 0 Å². The minimum atomic E-state index is -0.0968. The number of nitrogens with two attached hydrogens (primary N) is 1. The molecule has 0 aliphatic heterocycles. The van der Waals surface area contributed by atoms with E-state index >= 15 is 0 Å². The lowest BCUT2D eigenvalue weighted by Gasteiger charge is -2.15. The molecular formula is C12H18N4OS. The lowest BCUT2D eigenvalue weighted by molar-refractivity contribution is 0.416. The van der Waals surface area contributed by atoms with Gasteiger partial charge in [-0.15, -0.1) is 11.3 Å². The minimum Gasteiger partial charge on any atom is -0.496 e. The SMILES string of the molecule is CCCn1ccnc1C(NN)c1cc(OC)cs1. The molecule has 0 bridgehead atoms. The number of imidazole rings is 1. The van der Waals surface area contributed by atoms with Crippen LogP contribution in [0.2, 0.25) is 0 Å². The van der Waals surface area contributed by atoms with Gasteiger partial charge in [0.2, 0.25) is 0 Å².